The Hall–Kier alpha value is -0.660. The van der Waals surface area contributed by atoms with Crippen LogP contribution in [0.15, 0.2) is 24.3 Å². The molecule has 21 heavy (non-hydrogen) atoms. The Morgan fingerprint density at radius 2 is 2.33 bits per heavy atom. The first-order valence-corrected chi connectivity index (χ1v) is 8.69. The highest BCUT2D eigenvalue weighted by molar-refractivity contribution is 14.1. The molecule has 1 aliphatic heterocycles. The lowest BCUT2D eigenvalue weighted by molar-refractivity contribution is -0.118. The Morgan fingerprint density at radius 3 is 3.00 bits per heavy atom. The molecular weight excluding hydrogens is 377 g/mol. The summed E-state index contributed by atoms with van der Waals surface area (Å²) >= 11 is 2.24. The van der Waals surface area contributed by atoms with Gasteiger partial charge in [-0.3, -0.25) is 9.69 Å². The second kappa shape index (κ2) is 8.10. The molecule has 116 valence electrons. The van der Waals surface area contributed by atoms with Gasteiger partial charge in [-0.25, -0.2) is 0 Å². The van der Waals surface area contributed by atoms with E-state index < -0.39 is 0 Å². The predicted molar refractivity (Wildman–Crippen MR) is 95.2 cm³/mol. The van der Waals surface area contributed by atoms with Gasteiger partial charge in [-0.15, -0.1) is 0 Å². The molecule has 3 N–H and O–H groups in total. The molecule has 0 radical (unpaired) electrons. The van der Waals surface area contributed by atoms with Crippen molar-refractivity contribution < 1.29 is 4.79 Å². The summed E-state index contributed by atoms with van der Waals surface area (Å²) in [7, 11) is 0. The summed E-state index contributed by atoms with van der Waals surface area (Å²) in [6.07, 6.45) is 3.49. The van der Waals surface area contributed by atoms with Gasteiger partial charge in [-0.2, -0.15) is 0 Å². The number of carbonyl (C=O) groups is 1. The number of anilines is 1. The van der Waals surface area contributed by atoms with Crippen molar-refractivity contribution in [3.05, 3.63) is 27.8 Å². The second-order valence-corrected chi connectivity index (χ2v) is 6.96. The lowest BCUT2D eigenvalue weighted by Gasteiger charge is -2.38. The van der Waals surface area contributed by atoms with Crippen molar-refractivity contribution in [2.75, 3.05) is 25.0 Å². The summed E-state index contributed by atoms with van der Waals surface area (Å²) in [5, 5.41) is 2.97. The fourth-order valence-electron chi connectivity index (χ4n) is 2.96. The SMILES string of the molecule is CCC1CCN(CC(=O)Nc2cccc(I)c2)C(CN)C1. The van der Waals surface area contributed by atoms with Gasteiger partial charge >= 0.3 is 0 Å². The first-order valence-electron chi connectivity index (χ1n) is 7.62. The highest BCUT2D eigenvalue weighted by Crippen LogP contribution is 2.24. The molecule has 0 bridgehead atoms. The minimum atomic E-state index is 0.0467. The molecule has 4 nitrogen and oxygen atoms in total. The molecule has 1 aliphatic rings. The molecule has 0 aliphatic carbocycles. The average molecular weight is 401 g/mol. The van der Waals surface area contributed by atoms with E-state index in [-0.39, 0.29) is 5.91 Å². The maximum absolute atomic E-state index is 12.2. The van der Waals surface area contributed by atoms with Crippen molar-refractivity contribution in [1.29, 1.82) is 0 Å². The van der Waals surface area contributed by atoms with Crippen molar-refractivity contribution in [2.24, 2.45) is 11.7 Å². The van der Waals surface area contributed by atoms with Gasteiger partial charge in [0.1, 0.15) is 0 Å². The summed E-state index contributed by atoms with van der Waals surface area (Å²) < 4.78 is 1.12. The number of benzene rings is 1. The minimum absolute atomic E-state index is 0.0467. The van der Waals surface area contributed by atoms with E-state index >= 15 is 0 Å². The van der Waals surface area contributed by atoms with Gasteiger partial charge in [-0.1, -0.05) is 19.4 Å². The van der Waals surface area contributed by atoms with Gasteiger partial charge in [0.2, 0.25) is 5.91 Å². The van der Waals surface area contributed by atoms with Gasteiger partial charge in [0.15, 0.2) is 0 Å². The number of nitrogens with zero attached hydrogens (tertiary/aromatic N) is 1. The molecule has 5 heteroatoms. The van der Waals surface area contributed by atoms with Crippen LogP contribution in [-0.4, -0.2) is 36.5 Å². The van der Waals surface area contributed by atoms with E-state index in [0.29, 0.717) is 19.1 Å². The van der Waals surface area contributed by atoms with Crippen LogP contribution < -0.4 is 11.1 Å². The Balaban J connectivity index is 1.89. The first kappa shape index (κ1) is 16.7. The van der Waals surface area contributed by atoms with Crippen LogP contribution in [0.2, 0.25) is 0 Å². The van der Waals surface area contributed by atoms with Crippen molar-refractivity contribution in [2.45, 2.75) is 32.2 Å². The molecule has 0 spiro atoms. The Labute approximate surface area is 140 Å². The number of rotatable bonds is 5. The van der Waals surface area contributed by atoms with Crippen LogP contribution in [0.1, 0.15) is 26.2 Å². The quantitative estimate of drug-likeness (QED) is 0.746. The van der Waals surface area contributed by atoms with Crippen LogP contribution in [0.25, 0.3) is 0 Å². The number of hydrogen-bond acceptors (Lipinski definition) is 3. The molecule has 1 aromatic carbocycles. The van der Waals surface area contributed by atoms with Crippen molar-refractivity contribution >= 4 is 34.2 Å². The summed E-state index contributed by atoms with van der Waals surface area (Å²) in [6, 6.07) is 8.19. The maximum atomic E-state index is 12.2. The Kier molecular flexibility index (Phi) is 6.44. The van der Waals surface area contributed by atoms with E-state index in [9.17, 15) is 4.79 Å². The van der Waals surface area contributed by atoms with Crippen molar-refractivity contribution in [3.63, 3.8) is 0 Å². The molecule has 2 unspecified atom stereocenters. The van der Waals surface area contributed by atoms with Gasteiger partial charge in [0, 0.05) is 21.8 Å². The maximum Gasteiger partial charge on any atom is 0.238 e. The minimum Gasteiger partial charge on any atom is -0.329 e. The standard InChI is InChI=1S/C16H24IN3O/c1-2-12-6-7-20(15(8-12)10-18)11-16(21)19-14-5-3-4-13(17)9-14/h3-5,9,12,15H,2,6-8,10-11,18H2,1H3,(H,19,21). The number of nitrogens with two attached hydrogens (primary N) is 1. The third-order valence-electron chi connectivity index (χ3n) is 4.25. The van der Waals surface area contributed by atoms with Crippen LogP contribution in [0.5, 0.6) is 0 Å². The normalized spacial score (nSPS) is 23.0. The highest BCUT2D eigenvalue weighted by atomic mass is 127. The number of carbonyl (C=O) groups excluding carboxylic acids is 1. The molecule has 1 heterocycles. The van der Waals surface area contributed by atoms with Gasteiger partial charge < -0.3 is 11.1 Å². The summed E-state index contributed by atoms with van der Waals surface area (Å²) in [4.78, 5) is 14.4. The monoisotopic (exact) mass is 401 g/mol. The molecule has 1 fully saturated rings. The number of amides is 1. The largest absolute Gasteiger partial charge is 0.329 e. The summed E-state index contributed by atoms with van der Waals surface area (Å²) in [6.45, 7) is 4.27. The van der Waals surface area contributed by atoms with Gasteiger partial charge in [0.05, 0.1) is 6.54 Å². The predicted octanol–water partition coefficient (Wildman–Crippen LogP) is 2.68. The van der Waals surface area contributed by atoms with Crippen molar-refractivity contribution in [1.82, 2.24) is 4.90 Å². The van der Waals surface area contributed by atoms with E-state index in [1.165, 1.54) is 12.8 Å². The number of piperidine rings is 1. The van der Waals surface area contributed by atoms with Gasteiger partial charge in [0.25, 0.3) is 0 Å². The third kappa shape index (κ3) is 4.93. The van der Waals surface area contributed by atoms with E-state index in [1.54, 1.807) is 0 Å². The Morgan fingerprint density at radius 1 is 1.52 bits per heavy atom. The number of hydrogen-bond donors (Lipinski definition) is 2. The lowest BCUT2D eigenvalue weighted by atomic mass is 9.89. The van der Waals surface area contributed by atoms with E-state index in [1.807, 2.05) is 24.3 Å². The molecule has 1 saturated heterocycles. The van der Waals surface area contributed by atoms with Crippen LogP contribution >= 0.6 is 22.6 Å². The molecule has 1 aromatic rings. The molecule has 1 amide bonds. The number of likely N-dealkylation sites (tertiary alicyclic amines) is 1. The zero-order chi connectivity index (χ0) is 15.2. The third-order valence-corrected chi connectivity index (χ3v) is 4.92. The first-order chi connectivity index (χ1) is 10.1. The zero-order valence-corrected chi connectivity index (χ0v) is 14.7. The highest BCUT2D eigenvalue weighted by Gasteiger charge is 2.27. The molecule has 2 rings (SSSR count). The smallest absolute Gasteiger partial charge is 0.238 e. The van der Waals surface area contributed by atoms with E-state index in [2.05, 4.69) is 39.7 Å². The average Bonchev–Trinajstić information content (AvgIpc) is 2.47. The number of halogens is 1. The van der Waals surface area contributed by atoms with Crippen molar-refractivity contribution in [3.8, 4) is 0 Å². The van der Waals surface area contributed by atoms with E-state index in [0.717, 1.165) is 28.1 Å². The molecule has 2 atom stereocenters. The topological polar surface area (TPSA) is 58.4 Å². The van der Waals surface area contributed by atoms with Crippen LogP contribution in [0, 0.1) is 9.49 Å². The van der Waals surface area contributed by atoms with Crippen LogP contribution in [0.4, 0.5) is 5.69 Å². The summed E-state index contributed by atoms with van der Waals surface area (Å²) in [5.74, 6) is 0.805. The molecule has 0 aromatic heterocycles. The van der Waals surface area contributed by atoms with Gasteiger partial charge in [-0.05, 0) is 66.1 Å². The van der Waals surface area contributed by atoms with E-state index in [4.69, 9.17) is 5.73 Å². The molecule has 0 saturated carbocycles. The van der Waals surface area contributed by atoms with Crippen LogP contribution in [-0.2, 0) is 4.79 Å². The number of nitrogens with one attached hydrogen (secondary N) is 1. The Bertz CT molecular complexity index is 480. The lowest BCUT2D eigenvalue weighted by Crippen LogP contribution is -2.49. The molecular formula is C16H24IN3O. The fraction of sp³-hybridized carbons (Fsp3) is 0.562. The van der Waals surface area contributed by atoms with Crippen LogP contribution in [0.3, 0.4) is 0 Å². The summed E-state index contributed by atoms with van der Waals surface area (Å²) in [5.41, 5.74) is 6.75. The second-order valence-electron chi connectivity index (χ2n) is 5.72. The zero-order valence-electron chi connectivity index (χ0n) is 12.5. The fourth-order valence-corrected chi connectivity index (χ4v) is 3.50.